The van der Waals surface area contributed by atoms with Gasteiger partial charge < -0.3 is 14.4 Å². The molecule has 0 spiro atoms. The number of morpholine rings is 1. The molecule has 0 saturated carbocycles. The van der Waals surface area contributed by atoms with Crippen molar-refractivity contribution in [1.29, 1.82) is 0 Å². The largest absolute Gasteiger partial charge is 0.494 e. The summed E-state index contributed by atoms with van der Waals surface area (Å²) in [5, 5.41) is 4.16. The van der Waals surface area contributed by atoms with Crippen molar-refractivity contribution in [2.75, 3.05) is 26.3 Å². The number of amides is 1. The number of hydrogen-bond donors (Lipinski definition) is 0. The number of aryl methyl sites for hydroxylation is 1. The van der Waals surface area contributed by atoms with Gasteiger partial charge in [0, 0.05) is 24.7 Å². The molecule has 4 rings (SSSR count). The number of rotatable bonds is 7. The number of pyridine rings is 1. The molecular weight excluding hydrogens is 420 g/mol. The van der Waals surface area contributed by atoms with E-state index in [1.165, 1.54) is 10.7 Å². The van der Waals surface area contributed by atoms with Crippen molar-refractivity contribution in [3.63, 3.8) is 0 Å². The van der Waals surface area contributed by atoms with Crippen molar-refractivity contribution in [1.82, 2.24) is 19.7 Å². The van der Waals surface area contributed by atoms with Crippen LogP contribution in [-0.4, -0.2) is 51.9 Å². The van der Waals surface area contributed by atoms with E-state index in [4.69, 9.17) is 14.5 Å². The third-order valence-corrected chi connectivity index (χ3v) is 5.48. The molecular formula is C25H28N4O4. The highest BCUT2D eigenvalue weighted by atomic mass is 16.5. The first-order valence-corrected chi connectivity index (χ1v) is 11.1. The van der Waals surface area contributed by atoms with Crippen LogP contribution in [0.3, 0.4) is 0 Å². The zero-order valence-corrected chi connectivity index (χ0v) is 18.9. The molecule has 1 aromatic carbocycles. The minimum Gasteiger partial charge on any atom is -0.494 e. The van der Waals surface area contributed by atoms with E-state index < -0.39 is 0 Å². The summed E-state index contributed by atoms with van der Waals surface area (Å²) in [4.78, 5) is 31.3. The number of carbonyl (C=O) groups is 1. The Hall–Kier alpha value is -3.52. The molecule has 1 aliphatic rings. The Morgan fingerprint density at radius 2 is 1.97 bits per heavy atom. The second-order valence-electron chi connectivity index (χ2n) is 7.98. The molecule has 0 N–H and O–H groups in total. The molecule has 0 unspecified atom stereocenters. The molecule has 1 aliphatic heterocycles. The summed E-state index contributed by atoms with van der Waals surface area (Å²) in [5.74, 6) is 0.695. The van der Waals surface area contributed by atoms with E-state index in [9.17, 15) is 9.59 Å². The van der Waals surface area contributed by atoms with Crippen LogP contribution in [0.25, 0.3) is 0 Å². The van der Waals surface area contributed by atoms with Crippen molar-refractivity contribution in [3.8, 4) is 5.75 Å². The minimum absolute atomic E-state index is 0.0849. The number of aromatic nitrogens is 3. The Balaban J connectivity index is 1.42. The standard InChI is InChI=1S/C25H28N4O4/c1-3-32-21-10-8-19(9-11-21)15-20-5-4-6-22(26-20)23-16-28(13-14-33-23)25(31)17-29-24(30)12-7-18(2)27-29/h4-12,23H,3,13-17H2,1-2H3/t23-/m1/s1. The summed E-state index contributed by atoms with van der Waals surface area (Å²) >= 11 is 0. The summed E-state index contributed by atoms with van der Waals surface area (Å²) in [7, 11) is 0. The lowest BCUT2D eigenvalue weighted by Gasteiger charge is -2.32. The van der Waals surface area contributed by atoms with E-state index in [1.807, 2.05) is 49.4 Å². The highest BCUT2D eigenvalue weighted by Crippen LogP contribution is 2.22. The molecule has 0 aliphatic carbocycles. The van der Waals surface area contributed by atoms with Crippen LogP contribution in [0.15, 0.2) is 59.4 Å². The zero-order valence-electron chi connectivity index (χ0n) is 18.9. The van der Waals surface area contributed by atoms with E-state index in [0.717, 1.165) is 22.7 Å². The smallest absolute Gasteiger partial charge is 0.267 e. The molecule has 1 atom stereocenters. The van der Waals surface area contributed by atoms with Crippen molar-refractivity contribution < 1.29 is 14.3 Å². The fourth-order valence-electron chi connectivity index (χ4n) is 3.80. The van der Waals surface area contributed by atoms with Crippen LogP contribution in [0, 0.1) is 6.92 Å². The fraction of sp³-hybridized carbons (Fsp3) is 0.360. The minimum atomic E-state index is -0.315. The normalized spacial score (nSPS) is 15.9. The second-order valence-corrected chi connectivity index (χ2v) is 7.98. The Morgan fingerprint density at radius 1 is 1.15 bits per heavy atom. The van der Waals surface area contributed by atoms with Crippen molar-refractivity contribution in [3.05, 3.63) is 87.6 Å². The lowest BCUT2D eigenvalue weighted by Crippen LogP contribution is -2.45. The van der Waals surface area contributed by atoms with Gasteiger partial charge >= 0.3 is 0 Å². The zero-order chi connectivity index (χ0) is 23.2. The van der Waals surface area contributed by atoms with E-state index >= 15 is 0 Å². The topological polar surface area (TPSA) is 86.6 Å². The lowest BCUT2D eigenvalue weighted by molar-refractivity contribution is -0.140. The molecule has 33 heavy (non-hydrogen) atoms. The van der Waals surface area contributed by atoms with Gasteiger partial charge in [-0.1, -0.05) is 18.2 Å². The molecule has 3 heterocycles. The SMILES string of the molecule is CCOc1ccc(Cc2cccc([C@H]3CN(C(=O)Cn4nc(C)ccc4=O)CCO3)n2)cc1. The van der Waals surface area contributed by atoms with Crippen LogP contribution < -0.4 is 10.3 Å². The summed E-state index contributed by atoms with van der Waals surface area (Å²) in [5.41, 5.74) is 3.26. The van der Waals surface area contributed by atoms with Crippen LogP contribution >= 0.6 is 0 Å². The molecule has 3 aromatic rings. The molecule has 172 valence electrons. The number of hydrogen-bond acceptors (Lipinski definition) is 6. The quantitative estimate of drug-likeness (QED) is 0.552. The van der Waals surface area contributed by atoms with Gasteiger partial charge in [-0.3, -0.25) is 14.6 Å². The average molecular weight is 449 g/mol. The maximum Gasteiger partial charge on any atom is 0.267 e. The van der Waals surface area contributed by atoms with Gasteiger partial charge in [-0.05, 0) is 49.7 Å². The second kappa shape index (κ2) is 10.4. The lowest BCUT2D eigenvalue weighted by atomic mass is 10.1. The van der Waals surface area contributed by atoms with Gasteiger partial charge in [-0.15, -0.1) is 0 Å². The Morgan fingerprint density at radius 3 is 2.76 bits per heavy atom. The highest BCUT2D eigenvalue weighted by molar-refractivity contribution is 5.76. The first-order valence-electron chi connectivity index (χ1n) is 11.1. The third-order valence-electron chi connectivity index (χ3n) is 5.48. The first-order chi connectivity index (χ1) is 16.0. The van der Waals surface area contributed by atoms with Crippen LogP contribution in [-0.2, 0) is 22.5 Å². The van der Waals surface area contributed by atoms with E-state index in [2.05, 4.69) is 5.10 Å². The van der Waals surface area contributed by atoms with Crippen molar-refractivity contribution in [2.24, 2.45) is 0 Å². The molecule has 8 heteroatoms. The van der Waals surface area contributed by atoms with Crippen molar-refractivity contribution >= 4 is 5.91 Å². The number of nitrogens with zero attached hydrogens (tertiary/aromatic N) is 4. The summed E-state index contributed by atoms with van der Waals surface area (Å²) in [6, 6.07) is 16.9. The molecule has 1 amide bonds. The molecule has 1 fully saturated rings. The molecule has 0 radical (unpaired) electrons. The van der Waals surface area contributed by atoms with Crippen LogP contribution in [0.4, 0.5) is 0 Å². The first kappa shape index (κ1) is 22.7. The molecule has 2 aromatic heterocycles. The maximum atomic E-state index is 12.8. The van der Waals surface area contributed by atoms with Gasteiger partial charge in [0.25, 0.3) is 5.56 Å². The average Bonchev–Trinajstić information content (AvgIpc) is 2.83. The third kappa shape index (κ3) is 5.84. The molecule has 8 nitrogen and oxygen atoms in total. The van der Waals surface area contributed by atoms with Crippen LogP contribution in [0.2, 0.25) is 0 Å². The maximum absolute atomic E-state index is 12.8. The number of carbonyl (C=O) groups excluding carboxylic acids is 1. The predicted octanol–water partition coefficient (Wildman–Crippen LogP) is 2.54. The molecule has 1 saturated heterocycles. The van der Waals surface area contributed by atoms with Gasteiger partial charge in [-0.25, -0.2) is 4.68 Å². The van der Waals surface area contributed by atoms with E-state index in [1.54, 1.807) is 17.9 Å². The Kier molecular flexibility index (Phi) is 7.14. The summed E-state index contributed by atoms with van der Waals surface area (Å²) < 4.78 is 12.6. The Bertz CT molecular complexity index is 1160. The van der Waals surface area contributed by atoms with Crippen LogP contribution in [0.1, 0.15) is 35.7 Å². The monoisotopic (exact) mass is 448 g/mol. The number of benzene rings is 1. The van der Waals surface area contributed by atoms with Gasteiger partial charge in [0.05, 0.1) is 31.1 Å². The summed E-state index contributed by atoms with van der Waals surface area (Å²) in [6.07, 6.45) is 0.377. The highest BCUT2D eigenvalue weighted by Gasteiger charge is 2.27. The van der Waals surface area contributed by atoms with Crippen molar-refractivity contribution in [2.45, 2.75) is 32.9 Å². The van der Waals surface area contributed by atoms with Gasteiger partial charge in [0.15, 0.2) is 0 Å². The van der Waals surface area contributed by atoms with Gasteiger partial charge in [-0.2, -0.15) is 5.10 Å². The molecule has 0 bridgehead atoms. The fourth-order valence-corrected chi connectivity index (χ4v) is 3.80. The van der Waals surface area contributed by atoms with E-state index in [-0.39, 0.29) is 24.1 Å². The Labute approximate surface area is 192 Å². The van der Waals surface area contributed by atoms with Gasteiger partial charge in [0.2, 0.25) is 5.91 Å². The summed E-state index contributed by atoms with van der Waals surface area (Å²) in [6.45, 7) is 5.58. The predicted molar refractivity (Wildman–Crippen MR) is 123 cm³/mol. The van der Waals surface area contributed by atoms with Gasteiger partial charge in [0.1, 0.15) is 18.4 Å². The number of ether oxygens (including phenoxy) is 2. The van der Waals surface area contributed by atoms with Crippen LogP contribution in [0.5, 0.6) is 5.75 Å². The van der Waals surface area contributed by atoms with E-state index in [0.29, 0.717) is 38.4 Å².